The van der Waals surface area contributed by atoms with Crippen LogP contribution < -0.4 is 5.56 Å². The van der Waals surface area contributed by atoms with Gasteiger partial charge in [0.15, 0.2) is 0 Å². The summed E-state index contributed by atoms with van der Waals surface area (Å²) in [6.07, 6.45) is 0. The monoisotopic (exact) mass is 354 g/mol. The first kappa shape index (κ1) is 14.4. The number of aryl methyl sites for hydroxylation is 1. The smallest absolute Gasteiger partial charge is 0.267 e. The topological polar surface area (TPSA) is 69.8 Å². The number of halogens is 1. The molecule has 0 aliphatic rings. The van der Waals surface area contributed by atoms with Crippen LogP contribution in [0.5, 0.6) is 0 Å². The standard InChI is InChI=1S/C17H11BrN2O2/c1-10-2-7-16(22-10)13-8-15(20-17(21)14(13)9-19)11-3-5-12(18)6-4-11/h2-8H,1H3,(H,20,21). The van der Waals surface area contributed by atoms with Crippen molar-refractivity contribution in [3.05, 3.63) is 68.6 Å². The lowest BCUT2D eigenvalue weighted by molar-refractivity contribution is 0.548. The Balaban J connectivity index is 2.23. The predicted octanol–water partition coefficient (Wildman–Crippen LogP) is 4.24. The van der Waals surface area contributed by atoms with Crippen molar-refractivity contribution in [2.75, 3.05) is 0 Å². The van der Waals surface area contributed by atoms with Crippen LogP contribution in [0.2, 0.25) is 0 Å². The number of aromatic amines is 1. The number of aromatic nitrogens is 1. The summed E-state index contributed by atoms with van der Waals surface area (Å²) in [5.74, 6) is 1.24. The molecule has 3 aromatic rings. The van der Waals surface area contributed by atoms with Crippen molar-refractivity contribution in [2.24, 2.45) is 0 Å². The summed E-state index contributed by atoms with van der Waals surface area (Å²) < 4.78 is 6.52. The number of benzene rings is 1. The fourth-order valence-electron chi connectivity index (χ4n) is 2.23. The molecule has 3 rings (SSSR count). The van der Waals surface area contributed by atoms with E-state index in [1.54, 1.807) is 18.2 Å². The average Bonchev–Trinajstić information content (AvgIpc) is 2.93. The van der Waals surface area contributed by atoms with Crippen molar-refractivity contribution >= 4 is 15.9 Å². The normalized spacial score (nSPS) is 10.4. The first-order chi connectivity index (χ1) is 10.6. The van der Waals surface area contributed by atoms with Crippen LogP contribution in [-0.4, -0.2) is 4.98 Å². The molecule has 0 fully saturated rings. The number of pyridine rings is 1. The van der Waals surface area contributed by atoms with Gasteiger partial charge in [0.05, 0.1) is 0 Å². The number of nitrogens with zero attached hydrogens (tertiary/aromatic N) is 1. The van der Waals surface area contributed by atoms with Crippen molar-refractivity contribution in [3.8, 4) is 28.7 Å². The highest BCUT2D eigenvalue weighted by Gasteiger charge is 2.14. The van der Waals surface area contributed by atoms with E-state index in [0.29, 0.717) is 17.0 Å². The number of H-pyrrole nitrogens is 1. The number of hydrogen-bond donors (Lipinski definition) is 1. The molecule has 2 aromatic heterocycles. The van der Waals surface area contributed by atoms with E-state index >= 15 is 0 Å². The second kappa shape index (κ2) is 5.66. The van der Waals surface area contributed by atoms with Gasteiger partial charge in [-0.25, -0.2) is 0 Å². The van der Waals surface area contributed by atoms with Crippen LogP contribution in [0, 0.1) is 18.3 Å². The van der Waals surface area contributed by atoms with E-state index in [1.165, 1.54) is 0 Å². The van der Waals surface area contributed by atoms with Crippen LogP contribution in [0.15, 0.2) is 56.1 Å². The summed E-state index contributed by atoms with van der Waals surface area (Å²) in [5.41, 5.74) is 1.62. The molecule has 0 aliphatic heterocycles. The molecule has 108 valence electrons. The third-order valence-corrected chi connectivity index (χ3v) is 3.83. The molecule has 2 heterocycles. The molecule has 22 heavy (non-hydrogen) atoms. The second-order valence-corrected chi connectivity index (χ2v) is 5.75. The Labute approximate surface area is 135 Å². The van der Waals surface area contributed by atoms with E-state index in [-0.39, 0.29) is 5.56 Å². The fourth-order valence-corrected chi connectivity index (χ4v) is 2.49. The average molecular weight is 355 g/mol. The molecule has 0 amide bonds. The van der Waals surface area contributed by atoms with Crippen LogP contribution in [0.1, 0.15) is 11.3 Å². The third kappa shape index (κ3) is 2.61. The SMILES string of the molecule is Cc1ccc(-c2cc(-c3ccc(Br)cc3)[nH]c(=O)c2C#N)o1. The van der Waals surface area contributed by atoms with E-state index in [4.69, 9.17) is 4.42 Å². The van der Waals surface area contributed by atoms with Gasteiger partial charge in [0.25, 0.3) is 5.56 Å². The first-order valence-corrected chi connectivity index (χ1v) is 7.38. The highest BCUT2D eigenvalue weighted by molar-refractivity contribution is 9.10. The molecule has 0 aliphatic carbocycles. The van der Waals surface area contributed by atoms with Crippen LogP contribution >= 0.6 is 15.9 Å². The molecule has 0 unspecified atom stereocenters. The van der Waals surface area contributed by atoms with Gasteiger partial charge in [-0.1, -0.05) is 28.1 Å². The lowest BCUT2D eigenvalue weighted by atomic mass is 10.0. The molecule has 1 N–H and O–H groups in total. The molecule has 0 radical (unpaired) electrons. The predicted molar refractivity (Wildman–Crippen MR) is 87.4 cm³/mol. The first-order valence-electron chi connectivity index (χ1n) is 6.58. The van der Waals surface area contributed by atoms with Gasteiger partial charge in [-0.05, 0) is 42.8 Å². The van der Waals surface area contributed by atoms with Crippen molar-refractivity contribution in [1.82, 2.24) is 4.98 Å². The largest absolute Gasteiger partial charge is 0.461 e. The minimum atomic E-state index is -0.424. The van der Waals surface area contributed by atoms with Gasteiger partial charge in [0.2, 0.25) is 0 Å². The number of nitrogens with one attached hydrogen (secondary N) is 1. The molecule has 5 heteroatoms. The Bertz CT molecular complexity index is 931. The number of nitriles is 1. The Morgan fingerprint density at radius 2 is 1.91 bits per heavy atom. The Morgan fingerprint density at radius 3 is 2.50 bits per heavy atom. The fraction of sp³-hybridized carbons (Fsp3) is 0.0588. The summed E-state index contributed by atoms with van der Waals surface area (Å²) in [5, 5.41) is 9.25. The molecule has 4 nitrogen and oxygen atoms in total. The van der Waals surface area contributed by atoms with Gasteiger partial charge in [-0.2, -0.15) is 5.26 Å². The van der Waals surface area contributed by atoms with Crippen molar-refractivity contribution < 1.29 is 4.42 Å². The van der Waals surface area contributed by atoms with Crippen LogP contribution in [0.4, 0.5) is 0 Å². The minimum Gasteiger partial charge on any atom is -0.461 e. The summed E-state index contributed by atoms with van der Waals surface area (Å²) >= 11 is 3.38. The molecule has 0 atom stereocenters. The van der Waals surface area contributed by atoms with E-state index in [0.717, 1.165) is 15.8 Å². The molecular weight excluding hydrogens is 344 g/mol. The number of furan rings is 1. The maximum atomic E-state index is 12.2. The van der Waals surface area contributed by atoms with Gasteiger partial charge < -0.3 is 9.40 Å². The van der Waals surface area contributed by atoms with E-state index in [2.05, 4.69) is 20.9 Å². The van der Waals surface area contributed by atoms with Gasteiger partial charge in [0.1, 0.15) is 23.2 Å². The molecule has 1 aromatic carbocycles. The zero-order valence-electron chi connectivity index (χ0n) is 11.7. The van der Waals surface area contributed by atoms with Crippen LogP contribution in [0.25, 0.3) is 22.6 Å². The van der Waals surface area contributed by atoms with Crippen LogP contribution in [-0.2, 0) is 0 Å². The summed E-state index contributed by atoms with van der Waals surface area (Å²) in [7, 11) is 0. The van der Waals surface area contributed by atoms with Crippen molar-refractivity contribution in [2.45, 2.75) is 6.92 Å². The minimum absolute atomic E-state index is 0.0511. The third-order valence-electron chi connectivity index (χ3n) is 3.31. The zero-order chi connectivity index (χ0) is 15.7. The lowest BCUT2D eigenvalue weighted by Crippen LogP contribution is -2.12. The van der Waals surface area contributed by atoms with E-state index in [1.807, 2.05) is 37.3 Å². The lowest BCUT2D eigenvalue weighted by Gasteiger charge is -2.06. The van der Waals surface area contributed by atoms with Crippen LogP contribution in [0.3, 0.4) is 0 Å². The quantitative estimate of drug-likeness (QED) is 0.747. The highest BCUT2D eigenvalue weighted by Crippen LogP contribution is 2.28. The summed E-state index contributed by atoms with van der Waals surface area (Å²) in [6, 6.07) is 14.8. The zero-order valence-corrected chi connectivity index (χ0v) is 13.3. The molecule has 0 bridgehead atoms. The van der Waals surface area contributed by atoms with Gasteiger partial charge in [-0.3, -0.25) is 4.79 Å². The van der Waals surface area contributed by atoms with Gasteiger partial charge in [-0.15, -0.1) is 0 Å². The molecule has 0 saturated carbocycles. The van der Waals surface area contributed by atoms with Crippen molar-refractivity contribution in [1.29, 1.82) is 5.26 Å². The second-order valence-electron chi connectivity index (χ2n) is 4.83. The Morgan fingerprint density at radius 1 is 1.18 bits per heavy atom. The molecule has 0 spiro atoms. The number of rotatable bonds is 2. The Kier molecular flexibility index (Phi) is 3.70. The Hall–Kier alpha value is -2.58. The number of hydrogen-bond acceptors (Lipinski definition) is 3. The maximum absolute atomic E-state index is 12.2. The maximum Gasteiger partial charge on any atom is 0.267 e. The van der Waals surface area contributed by atoms with Gasteiger partial charge >= 0.3 is 0 Å². The highest BCUT2D eigenvalue weighted by atomic mass is 79.9. The van der Waals surface area contributed by atoms with Crippen molar-refractivity contribution in [3.63, 3.8) is 0 Å². The van der Waals surface area contributed by atoms with E-state index in [9.17, 15) is 10.1 Å². The van der Waals surface area contributed by atoms with Gasteiger partial charge in [0, 0.05) is 15.7 Å². The molecule has 0 saturated heterocycles. The summed E-state index contributed by atoms with van der Waals surface area (Å²) in [4.78, 5) is 14.9. The summed E-state index contributed by atoms with van der Waals surface area (Å²) in [6.45, 7) is 1.82. The van der Waals surface area contributed by atoms with E-state index < -0.39 is 5.56 Å². The molecular formula is C17H11BrN2O2.